The predicted octanol–water partition coefficient (Wildman–Crippen LogP) is 3.23. The van der Waals surface area contributed by atoms with Gasteiger partial charge < -0.3 is 0 Å². The zero-order valence-electron chi connectivity index (χ0n) is 16.4. The van der Waals surface area contributed by atoms with E-state index in [1.165, 1.54) is 10.5 Å². The van der Waals surface area contributed by atoms with E-state index >= 15 is 0 Å². The molecule has 0 aromatic heterocycles. The molecule has 0 bridgehead atoms. The Bertz CT molecular complexity index is 585. The normalized spacial score (nSPS) is 13.1. The Kier molecular flexibility index (Phi) is 7.78. The van der Waals surface area contributed by atoms with Gasteiger partial charge in [-0.05, 0) is 0 Å². The first-order valence-corrected chi connectivity index (χ1v) is 18.6. The van der Waals surface area contributed by atoms with Crippen LogP contribution in [0.1, 0.15) is 33.3 Å². The van der Waals surface area contributed by atoms with Gasteiger partial charge in [0, 0.05) is 0 Å². The zero-order valence-corrected chi connectivity index (χ0v) is 19.3. The van der Waals surface area contributed by atoms with Crippen LogP contribution in [0.15, 0.2) is 24.3 Å². The van der Waals surface area contributed by atoms with Gasteiger partial charge in [-0.2, -0.15) is 0 Å². The Morgan fingerprint density at radius 1 is 1.12 bits per heavy atom. The maximum atomic E-state index is 12.0. The molecular formula is C19H31NO4Sn. The van der Waals surface area contributed by atoms with Crippen molar-refractivity contribution in [2.24, 2.45) is 0 Å². The molecule has 5 nitrogen and oxygen atoms in total. The molecule has 1 aromatic carbocycles. The molecule has 1 rings (SSSR count). The Balaban J connectivity index is 2.79. The van der Waals surface area contributed by atoms with Crippen molar-refractivity contribution in [3.05, 3.63) is 29.8 Å². The van der Waals surface area contributed by atoms with Crippen LogP contribution in [-0.2, 0) is 20.7 Å². The zero-order chi connectivity index (χ0) is 19.3. The summed E-state index contributed by atoms with van der Waals surface area (Å²) in [5.74, 6) is -0.367. The second-order valence-corrected chi connectivity index (χ2v) is 22.8. The van der Waals surface area contributed by atoms with Gasteiger partial charge in [0.25, 0.3) is 0 Å². The van der Waals surface area contributed by atoms with Crippen molar-refractivity contribution in [2.75, 3.05) is 6.61 Å². The fourth-order valence-corrected chi connectivity index (χ4v) is 5.60. The molecule has 25 heavy (non-hydrogen) atoms. The van der Waals surface area contributed by atoms with E-state index in [0.717, 1.165) is 5.56 Å². The van der Waals surface area contributed by atoms with Crippen molar-refractivity contribution < 1.29 is 19.1 Å². The van der Waals surface area contributed by atoms with E-state index in [-0.39, 0.29) is 18.6 Å². The number of carbonyl (C=O) groups is 2. The third kappa shape index (κ3) is 9.14. The van der Waals surface area contributed by atoms with E-state index in [0.29, 0.717) is 6.42 Å². The Labute approximate surface area is 155 Å². The Hall–Kier alpha value is -1.24. The second kappa shape index (κ2) is 8.92. The van der Waals surface area contributed by atoms with Crippen LogP contribution >= 0.6 is 0 Å². The number of benzene rings is 1. The standard InChI is InChI=1S/C16H22NO4.3CH3.Sn/c1-12(18)20-11-14(10-13-8-6-5-7-9-13)17-15(19)21-16(2,3)4;;;;/h6-9,14H,10-11H2,1-4H3,(H,17,19);3*1H3;. The number of esters is 1. The van der Waals surface area contributed by atoms with Gasteiger partial charge in [-0.15, -0.1) is 0 Å². The van der Waals surface area contributed by atoms with Crippen LogP contribution in [0, 0.1) is 0 Å². The van der Waals surface area contributed by atoms with Crippen LogP contribution in [0.2, 0.25) is 14.8 Å². The number of carbonyl (C=O) groups excluding carboxylic acids is 2. The average molecular weight is 456 g/mol. The monoisotopic (exact) mass is 457 g/mol. The number of amides is 1. The van der Waals surface area contributed by atoms with Gasteiger partial charge in [-0.3, -0.25) is 0 Å². The van der Waals surface area contributed by atoms with Crippen LogP contribution in [0.25, 0.3) is 0 Å². The molecule has 0 aliphatic carbocycles. The van der Waals surface area contributed by atoms with Crippen molar-refractivity contribution >= 4 is 34.0 Å². The van der Waals surface area contributed by atoms with Crippen molar-refractivity contribution in [1.29, 1.82) is 0 Å². The van der Waals surface area contributed by atoms with Crippen LogP contribution in [0.4, 0.5) is 4.79 Å². The first-order chi connectivity index (χ1) is 11.4. The van der Waals surface area contributed by atoms with Crippen LogP contribution in [-0.4, -0.2) is 48.7 Å². The van der Waals surface area contributed by atoms with E-state index in [9.17, 15) is 9.59 Å². The van der Waals surface area contributed by atoms with Crippen LogP contribution < -0.4 is 8.90 Å². The van der Waals surface area contributed by atoms with Gasteiger partial charge in [0.05, 0.1) is 0 Å². The minimum absolute atomic E-state index is 0.120. The Morgan fingerprint density at radius 2 is 1.68 bits per heavy atom. The average Bonchev–Trinajstić information content (AvgIpc) is 2.42. The molecule has 0 fully saturated rings. The molecular weight excluding hydrogens is 425 g/mol. The molecule has 1 aromatic rings. The number of hydrogen-bond donors (Lipinski definition) is 1. The summed E-state index contributed by atoms with van der Waals surface area (Å²) in [6, 6.07) is 8.22. The van der Waals surface area contributed by atoms with Crippen LogP contribution in [0.3, 0.4) is 0 Å². The van der Waals surface area contributed by atoms with Crippen molar-refractivity contribution in [1.82, 2.24) is 5.32 Å². The fraction of sp³-hybridized carbons (Fsp3) is 0.579. The SMILES string of the molecule is CC(=O)OCC(Cc1cc[c]([Sn]([CH3])([CH3])[CH3])cc1)NC(=O)OC(C)(C)C. The van der Waals surface area contributed by atoms with E-state index in [4.69, 9.17) is 9.47 Å². The molecule has 0 radical (unpaired) electrons. The van der Waals surface area contributed by atoms with E-state index in [1.807, 2.05) is 20.8 Å². The van der Waals surface area contributed by atoms with E-state index < -0.39 is 30.1 Å². The number of rotatable bonds is 6. The van der Waals surface area contributed by atoms with Crippen LogP contribution in [0.5, 0.6) is 0 Å². The molecule has 140 valence electrons. The number of alkyl carbamates (subject to hydrolysis) is 1. The molecule has 6 heteroatoms. The van der Waals surface area contributed by atoms with Gasteiger partial charge in [0.15, 0.2) is 0 Å². The summed E-state index contributed by atoms with van der Waals surface area (Å²) < 4.78 is 11.8. The molecule has 0 saturated carbocycles. The van der Waals surface area contributed by atoms with E-state index in [1.54, 1.807) is 0 Å². The van der Waals surface area contributed by atoms with E-state index in [2.05, 4.69) is 44.4 Å². The number of nitrogens with one attached hydrogen (secondary N) is 1. The van der Waals surface area contributed by atoms with Gasteiger partial charge >= 0.3 is 155 Å². The third-order valence-corrected chi connectivity index (χ3v) is 9.41. The Morgan fingerprint density at radius 3 is 2.12 bits per heavy atom. The summed E-state index contributed by atoms with van der Waals surface area (Å²) in [7, 11) is 0. The third-order valence-electron chi connectivity index (χ3n) is 3.51. The van der Waals surface area contributed by atoms with Crippen molar-refractivity contribution in [2.45, 2.75) is 60.6 Å². The molecule has 0 aliphatic rings. The van der Waals surface area contributed by atoms with Crippen molar-refractivity contribution in [3.8, 4) is 0 Å². The summed E-state index contributed by atoms with van der Waals surface area (Å²) in [6.07, 6.45) is 0.0686. The van der Waals surface area contributed by atoms with Crippen molar-refractivity contribution in [3.63, 3.8) is 0 Å². The fourth-order valence-electron chi connectivity index (χ4n) is 2.27. The predicted molar refractivity (Wildman–Crippen MR) is 103 cm³/mol. The first-order valence-electron chi connectivity index (χ1n) is 8.59. The first kappa shape index (κ1) is 21.8. The second-order valence-electron chi connectivity index (χ2n) is 8.30. The quantitative estimate of drug-likeness (QED) is 0.528. The minimum atomic E-state index is -2.07. The molecule has 1 amide bonds. The molecule has 0 heterocycles. The summed E-state index contributed by atoms with van der Waals surface area (Å²) in [5, 5.41) is 2.80. The summed E-state index contributed by atoms with van der Waals surface area (Å²) >= 11 is -2.07. The topological polar surface area (TPSA) is 64.6 Å². The van der Waals surface area contributed by atoms with Gasteiger partial charge in [-0.1, -0.05) is 0 Å². The number of ether oxygens (including phenoxy) is 2. The summed E-state index contributed by atoms with van der Waals surface area (Å²) in [4.78, 5) is 30.3. The summed E-state index contributed by atoms with van der Waals surface area (Å²) in [6.45, 7) is 6.91. The molecule has 1 N–H and O–H groups in total. The van der Waals surface area contributed by atoms with Gasteiger partial charge in [-0.25, -0.2) is 0 Å². The maximum absolute atomic E-state index is 12.0. The number of hydrogen-bond acceptors (Lipinski definition) is 4. The molecule has 0 spiro atoms. The molecule has 0 saturated heterocycles. The molecule has 1 unspecified atom stereocenters. The molecule has 1 atom stereocenters. The summed E-state index contributed by atoms with van der Waals surface area (Å²) in [5.41, 5.74) is 0.518. The van der Waals surface area contributed by atoms with Gasteiger partial charge in [0.1, 0.15) is 0 Å². The van der Waals surface area contributed by atoms with Gasteiger partial charge in [0.2, 0.25) is 0 Å². The molecule has 0 aliphatic heterocycles.